The molecule has 0 heterocycles. The van der Waals surface area contributed by atoms with Crippen molar-refractivity contribution >= 4 is 35.1 Å². The highest BCUT2D eigenvalue weighted by atomic mass is 35.5. The third-order valence-corrected chi connectivity index (χ3v) is 4.02. The molecule has 2 N–H and O–H groups in total. The van der Waals surface area contributed by atoms with Gasteiger partial charge in [0.15, 0.2) is 16.6 Å². The molecule has 142 valence electrons. The second kappa shape index (κ2) is 10.5. The lowest BCUT2D eigenvalue weighted by Crippen LogP contribution is -2.31. The third-order valence-electron chi connectivity index (χ3n) is 3.43. The van der Waals surface area contributed by atoms with Crippen LogP contribution in [0.5, 0.6) is 11.5 Å². The molecule has 0 amide bonds. The quantitative estimate of drug-likeness (QED) is 0.299. The summed E-state index contributed by atoms with van der Waals surface area (Å²) in [5.74, 6) is 0.460. The first-order valence-electron chi connectivity index (χ1n) is 7.97. The van der Waals surface area contributed by atoms with E-state index in [9.17, 15) is 4.39 Å². The van der Waals surface area contributed by atoms with Gasteiger partial charge in [0.2, 0.25) is 0 Å². The first-order chi connectivity index (χ1) is 13.1. The summed E-state index contributed by atoms with van der Waals surface area (Å²) in [5, 5.41) is 7.61. The number of hydrogen-bond acceptors (Lipinski definition) is 4. The van der Waals surface area contributed by atoms with Gasteiger partial charge in [-0.1, -0.05) is 29.8 Å². The molecule has 0 aliphatic rings. The van der Waals surface area contributed by atoms with Crippen LogP contribution < -0.4 is 20.2 Å². The first-order valence-corrected chi connectivity index (χ1v) is 8.76. The highest BCUT2D eigenvalue weighted by molar-refractivity contribution is 7.80. The Bertz CT molecular complexity index is 825. The van der Waals surface area contributed by atoms with E-state index in [2.05, 4.69) is 22.4 Å². The minimum atomic E-state index is -0.437. The second-order valence-electron chi connectivity index (χ2n) is 5.24. The largest absolute Gasteiger partial charge is 0.493 e. The van der Waals surface area contributed by atoms with Crippen molar-refractivity contribution in [3.05, 3.63) is 71.0 Å². The SMILES string of the molecule is C=CCNC(=S)N/N=C\c1cccc(OC)c1OCc1c(F)cccc1Cl. The van der Waals surface area contributed by atoms with Crippen LogP contribution in [0.2, 0.25) is 5.02 Å². The molecule has 0 saturated heterocycles. The number of rotatable bonds is 8. The average Bonchev–Trinajstić information content (AvgIpc) is 2.66. The van der Waals surface area contributed by atoms with Crippen LogP contribution in [0, 0.1) is 5.82 Å². The molecule has 0 atom stereocenters. The standard InChI is InChI=1S/C19H19ClFN3O2S/c1-3-10-22-19(27)24-23-11-13-6-4-9-17(25-2)18(13)26-12-14-15(20)7-5-8-16(14)21/h3-9,11H,1,10,12H2,2H3,(H2,22,24,27)/b23-11-. The van der Waals surface area contributed by atoms with Gasteiger partial charge in [-0.25, -0.2) is 4.39 Å². The number of benzene rings is 2. The number of nitrogens with zero attached hydrogens (tertiary/aromatic N) is 1. The van der Waals surface area contributed by atoms with Crippen LogP contribution in [0.1, 0.15) is 11.1 Å². The number of para-hydroxylation sites is 1. The van der Waals surface area contributed by atoms with Gasteiger partial charge >= 0.3 is 0 Å². The number of thiocarbonyl (C=S) groups is 1. The Kier molecular flexibility index (Phi) is 8.03. The lowest BCUT2D eigenvalue weighted by atomic mass is 10.2. The number of halogens is 2. The number of ether oxygens (including phenoxy) is 2. The molecule has 0 unspecified atom stereocenters. The van der Waals surface area contributed by atoms with Crippen LogP contribution in [0.25, 0.3) is 0 Å². The van der Waals surface area contributed by atoms with Crippen LogP contribution in [0.4, 0.5) is 4.39 Å². The van der Waals surface area contributed by atoms with Gasteiger partial charge in [0, 0.05) is 17.7 Å². The van der Waals surface area contributed by atoms with E-state index in [1.54, 1.807) is 30.3 Å². The van der Waals surface area contributed by atoms with Gasteiger partial charge in [-0.3, -0.25) is 5.43 Å². The maximum absolute atomic E-state index is 14.0. The monoisotopic (exact) mass is 407 g/mol. The zero-order chi connectivity index (χ0) is 19.6. The van der Waals surface area contributed by atoms with E-state index >= 15 is 0 Å². The maximum Gasteiger partial charge on any atom is 0.187 e. The van der Waals surface area contributed by atoms with Crippen LogP contribution >= 0.6 is 23.8 Å². The van der Waals surface area contributed by atoms with E-state index < -0.39 is 5.82 Å². The smallest absolute Gasteiger partial charge is 0.187 e. The normalized spacial score (nSPS) is 10.5. The van der Waals surface area contributed by atoms with Crippen molar-refractivity contribution in [2.45, 2.75) is 6.61 Å². The van der Waals surface area contributed by atoms with Gasteiger partial charge in [-0.2, -0.15) is 5.10 Å². The molecule has 0 radical (unpaired) electrons. The van der Waals surface area contributed by atoms with Crippen molar-refractivity contribution < 1.29 is 13.9 Å². The second-order valence-corrected chi connectivity index (χ2v) is 6.05. The van der Waals surface area contributed by atoms with E-state index in [-0.39, 0.29) is 12.2 Å². The molecule has 0 aliphatic heterocycles. The molecule has 5 nitrogen and oxygen atoms in total. The topological polar surface area (TPSA) is 54.9 Å². The van der Waals surface area contributed by atoms with E-state index in [4.69, 9.17) is 33.3 Å². The Labute approximate surface area is 167 Å². The van der Waals surface area contributed by atoms with Crippen molar-refractivity contribution in [2.24, 2.45) is 5.10 Å². The van der Waals surface area contributed by atoms with Crippen molar-refractivity contribution in [2.75, 3.05) is 13.7 Å². The number of nitrogens with one attached hydrogen (secondary N) is 2. The van der Waals surface area contributed by atoms with Gasteiger partial charge in [-0.15, -0.1) is 6.58 Å². The van der Waals surface area contributed by atoms with E-state index in [1.807, 2.05) is 0 Å². The Hall–Kier alpha value is -2.64. The number of hydrazone groups is 1. The molecule has 0 bridgehead atoms. The molecule has 0 fully saturated rings. The van der Waals surface area contributed by atoms with Crippen molar-refractivity contribution in [1.82, 2.24) is 10.7 Å². The van der Waals surface area contributed by atoms with Crippen LogP contribution in [-0.2, 0) is 6.61 Å². The zero-order valence-corrected chi connectivity index (χ0v) is 16.2. The molecule has 27 heavy (non-hydrogen) atoms. The molecule has 2 rings (SSSR count). The molecule has 0 aromatic heterocycles. The average molecular weight is 408 g/mol. The highest BCUT2D eigenvalue weighted by Gasteiger charge is 2.13. The van der Waals surface area contributed by atoms with Crippen molar-refractivity contribution in [3.63, 3.8) is 0 Å². The fourth-order valence-corrected chi connectivity index (χ4v) is 2.48. The molecular weight excluding hydrogens is 389 g/mol. The van der Waals surface area contributed by atoms with E-state index in [1.165, 1.54) is 25.5 Å². The minimum Gasteiger partial charge on any atom is -0.493 e. The van der Waals surface area contributed by atoms with Crippen LogP contribution in [0.15, 0.2) is 54.2 Å². The maximum atomic E-state index is 14.0. The molecule has 8 heteroatoms. The summed E-state index contributed by atoms with van der Waals surface area (Å²) in [6, 6.07) is 9.78. The molecular formula is C19H19ClFN3O2S. The summed E-state index contributed by atoms with van der Waals surface area (Å²) in [7, 11) is 1.52. The zero-order valence-electron chi connectivity index (χ0n) is 14.7. The molecule has 2 aromatic rings. The van der Waals surface area contributed by atoms with Gasteiger partial charge in [0.1, 0.15) is 12.4 Å². The Morgan fingerprint density at radius 1 is 1.33 bits per heavy atom. The van der Waals surface area contributed by atoms with Gasteiger partial charge in [0.25, 0.3) is 0 Å². The fraction of sp³-hybridized carbons (Fsp3) is 0.158. The van der Waals surface area contributed by atoms with E-state index in [0.717, 1.165) is 0 Å². The lowest BCUT2D eigenvalue weighted by Gasteiger charge is -2.14. The van der Waals surface area contributed by atoms with Gasteiger partial charge in [0.05, 0.1) is 18.3 Å². The molecule has 2 aromatic carbocycles. The van der Waals surface area contributed by atoms with Crippen LogP contribution in [0.3, 0.4) is 0 Å². The summed E-state index contributed by atoms with van der Waals surface area (Å²) in [6.45, 7) is 4.06. The van der Waals surface area contributed by atoms with Crippen molar-refractivity contribution in [1.29, 1.82) is 0 Å². The summed E-state index contributed by atoms with van der Waals surface area (Å²) in [5.41, 5.74) is 3.58. The Balaban J connectivity index is 2.17. The molecule has 0 spiro atoms. The third kappa shape index (κ3) is 5.94. The van der Waals surface area contributed by atoms with E-state index in [0.29, 0.717) is 33.7 Å². The number of methoxy groups -OCH3 is 1. The predicted molar refractivity (Wildman–Crippen MR) is 110 cm³/mol. The first kappa shape index (κ1) is 20.7. The number of hydrogen-bond donors (Lipinski definition) is 2. The molecule has 0 saturated carbocycles. The summed E-state index contributed by atoms with van der Waals surface area (Å²) < 4.78 is 25.1. The Morgan fingerprint density at radius 3 is 2.81 bits per heavy atom. The van der Waals surface area contributed by atoms with Gasteiger partial charge in [-0.05, 0) is 36.5 Å². The fourth-order valence-electron chi connectivity index (χ4n) is 2.13. The molecule has 0 aliphatic carbocycles. The predicted octanol–water partition coefficient (Wildman–Crippen LogP) is 4.05. The summed E-state index contributed by atoms with van der Waals surface area (Å²) in [6.07, 6.45) is 3.21. The van der Waals surface area contributed by atoms with Gasteiger partial charge < -0.3 is 14.8 Å². The summed E-state index contributed by atoms with van der Waals surface area (Å²) in [4.78, 5) is 0. The minimum absolute atomic E-state index is 0.0561. The van der Waals surface area contributed by atoms with Crippen molar-refractivity contribution in [3.8, 4) is 11.5 Å². The lowest BCUT2D eigenvalue weighted by molar-refractivity contribution is 0.279. The van der Waals surface area contributed by atoms with Crippen LogP contribution in [-0.4, -0.2) is 25.0 Å². The summed E-state index contributed by atoms with van der Waals surface area (Å²) >= 11 is 11.1. The Morgan fingerprint density at radius 2 is 2.11 bits per heavy atom. The highest BCUT2D eigenvalue weighted by Crippen LogP contribution is 2.31.